The van der Waals surface area contributed by atoms with Gasteiger partial charge < -0.3 is 16.9 Å². The first-order valence-corrected chi connectivity index (χ1v) is 4.47. The summed E-state index contributed by atoms with van der Waals surface area (Å²) in [6, 6.07) is 2.14. The summed E-state index contributed by atoms with van der Waals surface area (Å²) in [6.07, 6.45) is 3.81. The molecule has 0 radical (unpaired) electrons. The van der Waals surface area contributed by atoms with E-state index in [1.54, 1.807) is 0 Å². The SMILES string of the molecule is Cc1cc2c(c(C)c1N)C[C-]=NC2.[Y+3]. The van der Waals surface area contributed by atoms with Crippen molar-refractivity contribution in [3.05, 3.63) is 28.3 Å². The number of nitrogens with two attached hydrogens (primary N) is 1. The summed E-state index contributed by atoms with van der Waals surface area (Å²) < 4.78 is 0. The number of nitrogens with zero attached hydrogens (tertiary/aromatic N) is 1. The predicted octanol–water partition coefficient (Wildman–Crippen LogP) is 1.89. The minimum absolute atomic E-state index is 0. The molecule has 68 valence electrons. The molecule has 2 rings (SSSR count). The molecule has 3 heteroatoms. The average Bonchev–Trinajstić information content (AvgIpc) is 2.15. The van der Waals surface area contributed by atoms with Crippen molar-refractivity contribution in [2.75, 3.05) is 5.73 Å². The standard InChI is InChI=1S/C11H13N2.Y/c1-7-5-9-6-13-4-3-10(9)8(2)11(7)12;/h5H,3,6,12H2,1-2H3;/q-1;+3. The molecule has 1 aromatic carbocycles. The maximum absolute atomic E-state index is 5.95. The largest absolute Gasteiger partial charge is 3.00 e. The molecule has 14 heavy (non-hydrogen) atoms. The zero-order valence-corrected chi connectivity index (χ0v) is 11.4. The Hall–Kier alpha value is -0.206. The number of rotatable bonds is 0. The van der Waals surface area contributed by atoms with Crippen LogP contribution >= 0.6 is 0 Å². The first-order valence-electron chi connectivity index (χ1n) is 4.47. The van der Waals surface area contributed by atoms with E-state index in [1.165, 1.54) is 16.7 Å². The molecule has 1 aromatic rings. The molecule has 0 saturated heterocycles. The van der Waals surface area contributed by atoms with E-state index in [9.17, 15) is 0 Å². The molecule has 0 bridgehead atoms. The van der Waals surface area contributed by atoms with Gasteiger partial charge in [0.05, 0.1) is 0 Å². The number of nitrogen functional groups attached to an aromatic ring is 1. The molecule has 0 spiro atoms. The zero-order valence-electron chi connectivity index (χ0n) is 8.59. The van der Waals surface area contributed by atoms with Crippen molar-refractivity contribution in [1.29, 1.82) is 0 Å². The Labute approximate surface area is 110 Å². The maximum atomic E-state index is 5.95. The van der Waals surface area contributed by atoms with Crippen LogP contribution in [0.15, 0.2) is 11.1 Å². The van der Waals surface area contributed by atoms with Crippen LogP contribution < -0.4 is 5.73 Å². The van der Waals surface area contributed by atoms with Gasteiger partial charge in [-0.2, -0.15) is 0 Å². The zero-order chi connectivity index (χ0) is 9.42. The second-order valence-corrected chi connectivity index (χ2v) is 3.52. The van der Waals surface area contributed by atoms with Gasteiger partial charge in [0.25, 0.3) is 0 Å². The van der Waals surface area contributed by atoms with Gasteiger partial charge in [-0.1, -0.05) is 11.6 Å². The molecule has 1 heterocycles. The number of hydrogen-bond acceptors (Lipinski definition) is 2. The molecule has 2 N–H and O–H groups in total. The van der Waals surface area contributed by atoms with E-state index >= 15 is 0 Å². The molecule has 0 aromatic heterocycles. The van der Waals surface area contributed by atoms with Crippen LogP contribution in [0.4, 0.5) is 5.69 Å². The van der Waals surface area contributed by atoms with Crippen molar-refractivity contribution in [2.24, 2.45) is 4.99 Å². The Morgan fingerprint density at radius 2 is 2.14 bits per heavy atom. The predicted molar refractivity (Wildman–Crippen MR) is 55.2 cm³/mol. The summed E-state index contributed by atoms with van der Waals surface area (Å²) in [5.41, 5.74) is 11.9. The van der Waals surface area contributed by atoms with Crippen molar-refractivity contribution in [1.82, 2.24) is 0 Å². The van der Waals surface area contributed by atoms with Gasteiger partial charge in [0.15, 0.2) is 0 Å². The van der Waals surface area contributed by atoms with E-state index in [0.717, 1.165) is 24.2 Å². The first-order chi connectivity index (χ1) is 6.20. The molecule has 0 saturated carbocycles. The summed E-state index contributed by atoms with van der Waals surface area (Å²) in [5.74, 6) is 0. The average molecular weight is 262 g/mol. The quantitative estimate of drug-likeness (QED) is 0.562. The molecule has 0 amide bonds. The Morgan fingerprint density at radius 1 is 1.43 bits per heavy atom. The summed E-state index contributed by atoms with van der Waals surface area (Å²) in [6.45, 7) is 4.89. The molecule has 1 aliphatic rings. The molecule has 0 aliphatic carbocycles. The summed E-state index contributed by atoms with van der Waals surface area (Å²) >= 11 is 0. The van der Waals surface area contributed by atoms with Gasteiger partial charge in [0.2, 0.25) is 0 Å². The Kier molecular flexibility index (Phi) is 3.85. The monoisotopic (exact) mass is 262 g/mol. The minimum atomic E-state index is 0. The third kappa shape index (κ3) is 1.91. The number of anilines is 1. The smallest absolute Gasteiger partial charge is 0.499 e. The van der Waals surface area contributed by atoms with E-state index in [2.05, 4.69) is 24.2 Å². The number of fused-ring (bicyclic) bond motifs is 1. The van der Waals surface area contributed by atoms with Crippen LogP contribution in [-0.2, 0) is 45.7 Å². The van der Waals surface area contributed by atoms with Crippen LogP contribution in [0.2, 0.25) is 0 Å². The second kappa shape index (κ2) is 4.54. The third-order valence-electron chi connectivity index (χ3n) is 2.68. The Bertz CT molecular complexity index is 383. The van der Waals surface area contributed by atoms with E-state index in [1.807, 2.05) is 6.92 Å². The van der Waals surface area contributed by atoms with E-state index in [4.69, 9.17) is 5.73 Å². The van der Waals surface area contributed by atoms with Gasteiger partial charge >= 0.3 is 32.7 Å². The van der Waals surface area contributed by atoms with Crippen molar-refractivity contribution in [2.45, 2.75) is 26.8 Å². The van der Waals surface area contributed by atoms with E-state index in [-0.39, 0.29) is 32.7 Å². The van der Waals surface area contributed by atoms with Gasteiger partial charge in [-0.25, -0.2) is 0 Å². The van der Waals surface area contributed by atoms with Crippen LogP contribution in [0.1, 0.15) is 22.3 Å². The van der Waals surface area contributed by atoms with Crippen LogP contribution in [0.5, 0.6) is 0 Å². The van der Waals surface area contributed by atoms with E-state index < -0.39 is 0 Å². The van der Waals surface area contributed by atoms with Crippen LogP contribution in [0.3, 0.4) is 0 Å². The van der Waals surface area contributed by atoms with Crippen LogP contribution in [0.25, 0.3) is 0 Å². The molecular weight excluding hydrogens is 249 g/mol. The van der Waals surface area contributed by atoms with Crippen molar-refractivity contribution in [3.63, 3.8) is 0 Å². The third-order valence-corrected chi connectivity index (χ3v) is 2.68. The fraction of sp³-hybridized carbons (Fsp3) is 0.364. The van der Waals surface area contributed by atoms with Gasteiger partial charge in [-0.15, -0.1) is 6.42 Å². The van der Waals surface area contributed by atoms with Gasteiger partial charge in [-0.05, 0) is 30.5 Å². The summed E-state index contributed by atoms with van der Waals surface area (Å²) in [5, 5.41) is 0. The number of hydrogen-bond donors (Lipinski definition) is 1. The van der Waals surface area contributed by atoms with Crippen molar-refractivity contribution in [3.8, 4) is 0 Å². The normalized spacial score (nSPS) is 13.3. The molecule has 1 aliphatic heterocycles. The molecule has 0 unspecified atom stereocenters. The molecule has 0 atom stereocenters. The summed E-state index contributed by atoms with van der Waals surface area (Å²) in [4.78, 5) is 4.14. The van der Waals surface area contributed by atoms with Crippen molar-refractivity contribution >= 4 is 11.9 Å². The molecule has 2 nitrogen and oxygen atoms in total. The van der Waals surface area contributed by atoms with Gasteiger partial charge in [0, 0.05) is 12.2 Å². The Balaban J connectivity index is 0.000000980. The minimum Gasteiger partial charge on any atom is -0.499 e. The van der Waals surface area contributed by atoms with Crippen LogP contribution in [-0.4, -0.2) is 6.21 Å². The topological polar surface area (TPSA) is 38.4 Å². The number of aliphatic imine (C=N–C) groups is 1. The Morgan fingerprint density at radius 3 is 2.86 bits per heavy atom. The fourth-order valence-electron chi connectivity index (χ4n) is 1.79. The first kappa shape index (κ1) is 11.9. The molecule has 0 fully saturated rings. The fourth-order valence-corrected chi connectivity index (χ4v) is 1.79. The summed E-state index contributed by atoms with van der Waals surface area (Å²) in [7, 11) is 0. The second-order valence-electron chi connectivity index (χ2n) is 3.52. The van der Waals surface area contributed by atoms with Crippen molar-refractivity contribution < 1.29 is 32.7 Å². The van der Waals surface area contributed by atoms with Crippen LogP contribution in [0, 0.1) is 13.8 Å². The number of benzene rings is 1. The maximum Gasteiger partial charge on any atom is 3.00 e. The van der Waals surface area contributed by atoms with Gasteiger partial charge in [0.1, 0.15) is 0 Å². The van der Waals surface area contributed by atoms with Gasteiger partial charge in [-0.3, -0.25) is 0 Å². The molecular formula is C11H13N2Y+2. The van der Waals surface area contributed by atoms with E-state index in [0.29, 0.717) is 0 Å². The number of aryl methyl sites for hydroxylation is 1.